The van der Waals surface area contributed by atoms with Crippen molar-refractivity contribution in [1.82, 2.24) is 19.9 Å². The van der Waals surface area contributed by atoms with E-state index in [4.69, 9.17) is 4.74 Å². The van der Waals surface area contributed by atoms with Gasteiger partial charge < -0.3 is 15.0 Å². The van der Waals surface area contributed by atoms with Crippen LogP contribution in [0.15, 0.2) is 49.2 Å². The third-order valence-electron chi connectivity index (χ3n) is 9.82. The zero-order chi connectivity index (χ0) is 34.9. The first kappa shape index (κ1) is 35.5. The zero-order valence-corrected chi connectivity index (χ0v) is 29.2. The number of hydrogen-bond acceptors (Lipinski definition) is 8. The van der Waals surface area contributed by atoms with Crippen molar-refractivity contribution in [1.29, 1.82) is 0 Å². The Morgan fingerprint density at radius 3 is 2.52 bits per heavy atom. The number of nitrogens with zero attached hydrogens (tertiary/aromatic N) is 2. The maximum atomic E-state index is 14.4. The number of carbonyl (C=O) groups excluding carboxylic acids is 4. The predicted octanol–water partition coefficient (Wildman–Crippen LogP) is 4.45. The number of amides is 3. The first-order chi connectivity index (χ1) is 22.7. The zero-order valence-electron chi connectivity index (χ0n) is 28.4. The number of likely N-dealkylation sites (tertiary alicyclic amines) is 1. The number of nitrogens with one attached hydrogen (secondary N) is 2. The number of pyridine rings is 1. The molecule has 2 N–H and O–H groups in total. The second kappa shape index (κ2) is 14.0. The highest BCUT2D eigenvalue weighted by Crippen LogP contribution is 2.57. The average molecular weight is 681 g/mol. The monoisotopic (exact) mass is 680 g/mol. The van der Waals surface area contributed by atoms with E-state index in [9.17, 15) is 27.6 Å². The molecule has 2 aromatic rings. The van der Waals surface area contributed by atoms with Crippen molar-refractivity contribution >= 4 is 44.3 Å². The SMILES string of the molecule is C=C[C@@H]1C[C@]1(CC(=O)[C@@H]1C[C@@H](Oc2nccc3ccccc23)CN1C(=O)[C@@H](NC(=O)CCCCC)C(C)(C)C)C(=O)NS(=O)(=O)C1CC1. The molecule has 0 spiro atoms. The highest BCUT2D eigenvalue weighted by atomic mass is 32.2. The third kappa shape index (κ3) is 7.74. The van der Waals surface area contributed by atoms with Gasteiger partial charge in [0, 0.05) is 30.8 Å². The summed E-state index contributed by atoms with van der Waals surface area (Å²) < 4.78 is 33.9. The summed E-state index contributed by atoms with van der Waals surface area (Å²) in [4.78, 5) is 61.0. The smallest absolute Gasteiger partial charge is 0.246 e. The summed E-state index contributed by atoms with van der Waals surface area (Å²) in [6.07, 6.45) is 6.64. The minimum Gasteiger partial charge on any atom is -0.472 e. The summed E-state index contributed by atoms with van der Waals surface area (Å²) in [5.41, 5.74) is -1.94. The van der Waals surface area contributed by atoms with Gasteiger partial charge in [0.05, 0.1) is 23.3 Å². The Bertz CT molecular complexity index is 1680. The standard InChI is InChI=1S/C36H48N4O7S/c1-6-8-9-14-30(42)38-31(35(3,4)5)33(43)40-22-25(47-32-27-13-11-10-12-23(27)17-18-37-32)19-28(40)29(41)21-36(20-24(36)7-2)34(44)39-48(45,46)26-15-16-26/h7,10-13,17-18,24-26,28,31H,2,6,8-9,14-16,19-22H2,1,3-5H3,(H,38,42)(H,39,44)/t24-,25-,28+,31-,36-/m1/s1. The Balaban J connectivity index is 1.41. The molecule has 11 nitrogen and oxygen atoms in total. The number of aromatic nitrogens is 1. The Morgan fingerprint density at radius 2 is 1.88 bits per heavy atom. The molecule has 1 saturated heterocycles. The van der Waals surface area contributed by atoms with Crippen LogP contribution in [0.5, 0.6) is 5.88 Å². The van der Waals surface area contributed by atoms with Crippen molar-refractivity contribution in [2.24, 2.45) is 16.7 Å². The molecule has 5 rings (SSSR count). The molecule has 1 aromatic heterocycles. The molecule has 12 heteroatoms. The molecule has 5 atom stereocenters. The second-order valence-corrected chi connectivity index (χ2v) is 16.6. The van der Waals surface area contributed by atoms with Crippen LogP contribution in [0.3, 0.4) is 0 Å². The first-order valence-corrected chi connectivity index (χ1v) is 18.6. The van der Waals surface area contributed by atoms with Gasteiger partial charge in [-0.3, -0.25) is 23.9 Å². The van der Waals surface area contributed by atoms with Crippen molar-refractivity contribution in [2.75, 3.05) is 6.54 Å². The lowest BCUT2D eigenvalue weighted by Crippen LogP contribution is -2.57. The molecule has 3 amide bonds. The van der Waals surface area contributed by atoms with Gasteiger partial charge in [0.15, 0.2) is 5.78 Å². The van der Waals surface area contributed by atoms with Crippen LogP contribution in [0.2, 0.25) is 0 Å². The van der Waals surface area contributed by atoms with Crippen molar-refractivity contribution in [3.63, 3.8) is 0 Å². The van der Waals surface area contributed by atoms with E-state index in [2.05, 4.69) is 28.5 Å². The highest BCUT2D eigenvalue weighted by Gasteiger charge is 2.61. The fourth-order valence-electron chi connectivity index (χ4n) is 6.67. The van der Waals surface area contributed by atoms with Crippen LogP contribution in [-0.2, 0) is 29.2 Å². The fraction of sp³-hybridized carbons (Fsp3) is 0.583. The molecule has 3 fully saturated rings. The van der Waals surface area contributed by atoms with Crippen molar-refractivity contribution in [3.8, 4) is 5.88 Å². The Morgan fingerprint density at radius 1 is 1.15 bits per heavy atom. The van der Waals surface area contributed by atoms with Gasteiger partial charge in [0.25, 0.3) is 0 Å². The van der Waals surface area contributed by atoms with Crippen LogP contribution in [0.1, 0.15) is 85.5 Å². The fourth-order valence-corrected chi connectivity index (χ4v) is 8.05. The molecule has 3 aliphatic rings. The maximum Gasteiger partial charge on any atom is 0.246 e. The number of allylic oxidation sites excluding steroid dienone is 1. The maximum absolute atomic E-state index is 14.4. The molecule has 1 aromatic carbocycles. The van der Waals surface area contributed by atoms with Gasteiger partial charge in [-0.25, -0.2) is 13.4 Å². The van der Waals surface area contributed by atoms with Crippen LogP contribution in [0.4, 0.5) is 0 Å². The summed E-state index contributed by atoms with van der Waals surface area (Å²) in [5, 5.41) is 4.07. The van der Waals surface area contributed by atoms with Crippen molar-refractivity contribution in [2.45, 2.75) is 109 Å². The lowest BCUT2D eigenvalue weighted by atomic mass is 9.85. The van der Waals surface area contributed by atoms with Gasteiger partial charge in [0.1, 0.15) is 12.1 Å². The largest absolute Gasteiger partial charge is 0.472 e. The molecule has 0 radical (unpaired) electrons. The van der Waals surface area contributed by atoms with Crippen LogP contribution in [0.25, 0.3) is 10.8 Å². The number of benzene rings is 1. The van der Waals surface area contributed by atoms with E-state index in [1.165, 1.54) is 4.90 Å². The van der Waals surface area contributed by atoms with Crippen LogP contribution in [0, 0.1) is 16.7 Å². The number of Topliss-reactive ketones (excluding diaryl/α,β-unsaturated/α-hetero) is 1. The van der Waals surface area contributed by atoms with Gasteiger partial charge in [-0.1, -0.05) is 64.8 Å². The summed E-state index contributed by atoms with van der Waals surface area (Å²) in [7, 11) is -3.83. The third-order valence-corrected chi connectivity index (χ3v) is 11.6. The predicted molar refractivity (Wildman–Crippen MR) is 182 cm³/mol. The lowest BCUT2D eigenvalue weighted by molar-refractivity contribution is -0.144. The number of ketones is 1. The van der Waals surface area contributed by atoms with Crippen molar-refractivity contribution in [3.05, 3.63) is 49.2 Å². The van der Waals surface area contributed by atoms with E-state index in [0.29, 0.717) is 31.6 Å². The number of sulfonamides is 1. The van der Waals surface area contributed by atoms with Gasteiger partial charge in [0.2, 0.25) is 33.6 Å². The molecule has 260 valence electrons. The normalized spacial score (nSPS) is 24.5. The van der Waals surface area contributed by atoms with E-state index in [0.717, 1.165) is 23.6 Å². The van der Waals surface area contributed by atoms with E-state index in [1.54, 1.807) is 12.3 Å². The number of rotatable bonds is 15. The van der Waals surface area contributed by atoms with E-state index >= 15 is 0 Å². The van der Waals surface area contributed by atoms with Crippen LogP contribution in [-0.4, -0.2) is 71.8 Å². The molecule has 2 saturated carbocycles. The molecular formula is C36H48N4O7S. The topological polar surface area (TPSA) is 152 Å². The Kier molecular flexibility index (Phi) is 10.3. The number of hydrogen-bond donors (Lipinski definition) is 2. The summed E-state index contributed by atoms with van der Waals surface area (Å²) >= 11 is 0. The molecular weight excluding hydrogens is 632 g/mol. The highest BCUT2D eigenvalue weighted by molar-refractivity contribution is 7.90. The number of ether oxygens (including phenoxy) is 1. The minimum absolute atomic E-state index is 0.0680. The van der Waals surface area contributed by atoms with Gasteiger partial charge in [-0.2, -0.15) is 0 Å². The van der Waals surface area contributed by atoms with E-state index in [1.807, 2.05) is 51.1 Å². The van der Waals surface area contributed by atoms with Gasteiger partial charge in [-0.15, -0.1) is 6.58 Å². The molecule has 48 heavy (non-hydrogen) atoms. The van der Waals surface area contributed by atoms with Crippen molar-refractivity contribution < 1.29 is 32.3 Å². The molecule has 1 aliphatic heterocycles. The number of fused-ring (bicyclic) bond motifs is 1. The first-order valence-electron chi connectivity index (χ1n) is 17.0. The second-order valence-electron chi connectivity index (χ2n) is 14.7. The Hall–Kier alpha value is -3.80. The van der Waals surface area contributed by atoms with E-state index < -0.39 is 56.1 Å². The summed E-state index contributed by atoms with van der Waals surface area (Å²) in [6, 6.07) is 7.62. The van der Waals surface area contributed by atoms with Gasteiger partial charge >= 0.3 is 0 Å². The van der Waals surface area contributed by atoms with E-state index in [-0.39, 0.29) is 43.4 Å². The van der Waals surface area contributed by atoms with Crippen LogP contribution >= 0.6 is 0 Å². The summed E-state index contributed by atoms with van der Waals surface area (Å²) in [6.45, 7) is 11.5. The molecule has 2 aliphatic carbocycles. The Labute approximate surface area is 283 Å². The molecule has 2 heterocycles. The van der Waals surface area contributed by atoms with Gasteiger partial charge in [-0.05, 0) is 54.5 Å². The quantitative estimate of drug-likeness (QED) is 0.207. The number of unbranched alkanes of at least 4 members (excludes halogenated alkanes) is 2. The minimum atomic E-state index is -3.83. The average Bonchev–Trinajstić information content (AvgIpc) is 3.96. The summed E-state index contributed by atoms with van der Waals surface area (Å²) in [5.74, 6) is -1.71. The van der Waals surface area contributed by atoms with Crippen LogP contribution < -0.4 is 14.8 Å². The number of carbonyl (C=O) groups is 4. The molecule has 0 bridgehead atoms. The molecule has 0 unspecified atom stereocenters. The lowest BCUT2D eigenvalue weighted by Gasteiger charge is -2.35.